The SMILES string of the molecule is O=C(NCC=Cc1c(F)ccc(Cl)c1F)OCC1c2ccccc2-c2ccccc21. The molecule has 152 valence electrons. The monoisotopic (exact) mass is 425 g/mol. The third-order valence-corrected chi connectivity index (χ3v) is 5.36. The summed E-state index contributed by atoms with van der Waals surface area (Å²) in [7, 11) is 0. The van der Waals surface area contributed by atoms with E-state index < -0.39 is 17.7 Å². The van der Waals surface area contributed by atoms with Crippen molar-refractivity contribution in [2.45, 2.75) is 5.92 Å². The zero-order valence-electron chi connectivity index (χ0n) is 15.9. The first kappa shape index (κ1) is 20.1. The Morgan fingerprint density at radius 1 is 1.00 bits per heavy atom. The van der Waals surface area contributed by atoms with Crippen LogP contribution in [0.15, 0.2) is 66.7 Å². The minimum atomic E-state index is -0.839. The Balaban J connectivity index is 1.36. The highest BCUT2D eigenvalue weighted by Gasteiger charge is 2.28. The van der Waals surface area contributed by atoms with Gasteiger partial charge in [0.05, 0.1) is 5.02 Å². The Morgan fingerprint density at radius 3 is 2.30 bits per heavy atom. The molecule has 6 heteroatoms. The maximum absolute atomic E-state index is 13.8. The van der Waals surface area contributed by atoms with Crippen molar-refractivity contribution in [3.63, 3.8) is 0 Å². The van der Waals surface area contributed by atoms with E-state index >= 15 is 0 Å². The lowest BCUT2D eigenvalue weighted by Gasteiger charge is -2.14. The first-order chi connectivity index (χ1) is 14.6. The van der Waals surface area contributed by atoms with Crippen LogP contribution in [0, 0.1) is 11.6 Å². The Bertz CT molecular complexity index is 1080. The number of nitrogens with one attached hydrogen (secondary N) is 1. The van der Waals surface area contributed by atoms with Crippen LogP contribution in [0.4, 0.5) is 13.6 Å². The van der Waals surface area contributed by atoms with Crippen LogP contribution in [0.3, 0.4) is 0 Å². The molecule has 3 aromatic carbocycles. The van der Waals surface area contributed by atoms with Gasteiger partial charge >= 0.3 is 6.09 Å². The molecule has 0 bridgehead atoms. The molecule has 0 radical (unpaired) electrons. The van der Waals surface area contributed by atoms with Crippen LogP contribution in [-0.2, 0) is 4.74 Å². The normalized spacial score (nSPS) is 12.6. The van der Waals surface area contributed by atoms with Crippen molar-refractivity contribution in [3.8, 4) is 11.1 Å². The summed E-state index contributed by atoms with van der Waals surface area (Å²) in [6.07, 6.45) is 2.06. The molecule has 0 spiro atoms. The van der Waals surface area contributed by atoms with Gasteiger partial charge in [-0.15, -0.1) is 0 Å². The van der Waals surface area contributed by atoms with E-state index in [0.29, 0.717) is 0 Å². The lowest BCUT2D eigenvalue weighted by Crippen LogP contribution is -2.26. The maximum Gasteiger partial charge on any atom is 0.407 e. The molecule has 0 saturated carbocycles. The first-order valence-electron chi connectivity index (χ1n) is 9.45. The van der Waals surface area contributed by atoms with Gasteiger partial charge in [-0.2, -0.15) is 0 Å². The van der Waals surface area contributed by atoms with E-state index in [0.717, 1.165) is 34.4 Å². The molecule has 0 fully saturated rings. The van der Waals surface area contributed by atoms with Gasteiger partial charge in [0.15, 0.2) is 5.82 Å². The molecule has 30 heavy (non-hydrogen) atoms. The van der Waals surface area contributed by atoms with Crippen LogP contribution in [0.5, 0.6) is 0 Å². The molecule has 1 N–H and O–H groups in total. The number of rotatable bonds is 5. The molecule has 0 aromatic heterocycles. The third-order valence-electron chi connectivity index (χ3n) is 5.07. The maximum atomic E-state index is 13.8. The van der Waals surface area contributed by atoms with Gasteiger partial charge < -0.3 is 10.1 Å². The van der Waals surface area contributed by atoms with E-state index in [1.54, 1.807) is 0 Å². The molecule has 3 aromatic rings. The fourth-order valence-corrected chi connectivity index (χ4v) is 3.83. The molecule has 0 heterocycles. The molecular formula is C24H18ClF2NO2. The summed E-state index contributed by atoms with van der Waals surface area (Å²) >= 11 is 5.66. The van der Waals surface area contributed by atoms with Gasteiger partial charge in [0.1, 0.15) is 12.4 Å². The standard InChI is InChI=1S/C24H18ClF2NO2/c25-21-11-12-22(26)19(23(21)27)10-5-13-28-24(29)30-14-20-17-8-3-1-6-15(17)16-7-2-4-9-18(16)20/h1-12,20H,13-14H2,(H,28,29). The number of carbonyl (C=O) groups excluding carboxylic acids is 1. The number of ether oxygens (including phenoxy) is 1. The number of benzene rings is 3. The molecule has 0 aliphatic heterocycles. The highest BCUT2D eigenvalue weighted by Crippen LogP contribution is 2.44. The molecule has 1 aliphatic carbocycles. The minimum Gasteiger partial charge on any atom is -0.449 e. The van der Waals surface area contributed by atoms with Crippen LogP contribution < -0.4 is 5.32 Å². The van der Waals surface area contributed by atoms with Gasteiger partial charge in [-0.25, -0.2) is 13.6 Å². The highest BCUT2D eigenvalue weighted by molar-refractivity contribution is 6.30. The summed E-state index contributed by atoms with van der Waals surface area (Å²) in [5.74, 6) is -1.60. The Labute approximate surface area is 177 Å². The van der Waals surface area contributed by atoms with Crippen LogP contribution in [0.2, 0.25) is 5.02 Å². The highest BCUT2D eigenvalue weighted by atomic mass is 35.5. The average Bonchev–Trinajstić information content (AvgIpc) is 3.08. The van der Waals surface area contributed by atoms with Crippen LogP contribution >= 0.6 is 11.6 Å². The van der Waals surface area contributed by atoms with E-state index in [1.807, 2.05) is 36.4 Å². The number of hydrogen-bond acceptors (Lipinski definition) is 2. The van der Waals surface area contributed by atoms with Crippen molar-refractivity contribution in [1.82, 2.24) is 5.32 Å². The second-order valence-electron chi connectivity index (χ2n) is 6.87. The summed E-state index contributed by atoms with van der Waals surface area (Å²) in [4.78, 5) is 12.1. The zero-order valence-corrected chi connectivity index (χ0v) is 16.6. The average molecular weight is 426 g/mol. The predicted octanol–water partition coefficient (Wildman–Crippen LogP) is 6.17. The number of fused-ring (bicyclic) bond motifs is 3. The Kier molecular flexibility index (Phi) is 5.81. The van der Waals surface area contributed by atoms with Crippen LogP contribution in [0.1, 0.15) is 22.6 Å². The molecule has 4 rings (SSSR count). The molecule has 0 unspecified atom stereocenters. The largest absolute Gasteiger partial charge is 0.449 e. The lowest BCUT2D eigenvalue weighted by molar-refractivity contribution is 0.144. The summed E-state index contributed by atoms with van der Waals surface area (Å²) in [5, 5.41) is 2.39. The van der Waals surface area contributed by atoms with Crippen molar-refractivity contribution in [2.75, 3.05) is 13.2 Å². The van der Waals surface area contributed by atoms with E-state index in [9.17, 15) is 13.6 Å². The molecule has 0 saturated heterocycles. The third kappa shape index (κ3) is 3.94. The molecule has 3 nitrogen and oxygen atoms in total. The van der Waals surface area contributed by atoms with E-state index in [2.05, 4.69) is 17.4 Å². The Hall–Kier alpha value is -3.18. The molecule has 1 aliphatic rings. The number of hydrogen-bond donors (Lipinski definition) is 1. The minimum absolute atomic E-state index is 0.0339. The van der Waals surface area contributed by atoms with Crippen LogP contribution in [-0.4, -0.2) is 19.2 Å². The number of alkyl carbamates (subject to hydrolysis) is 1. The van der Waals surface area contributed by atoms with Crippen molar-refractivity contribution in [2.24, 2.45) is 0 Å². The fraction of sp³-hybridized carbons (Fsp3) is 0.125. The lowest BCUT2D eigenvalue weighted by atomic mass is 9.98. The summed E-state index contributed by atoms with van der Waals surface area (Å²) < 4.78 is 32.9. The van der Waals surface area contributed by atoms with Crippen molar-refractivity contribution in [1.29, 1.82) is 0 Å². The van der Waals surface area contributed by atoms with Gasteiger partial charge in [0.2, 0.25) is 0 Å². The van der Waals surface area contributed by atoms with Gasteiger partial charge in [0.25, 0.3) is 0 Å². The summed E-state index contributed by atoms with van der Waals surface area (Å²) in [5.41, 5.74) is 4.29. The van der Waals surface area contributed by atoms with E-state index in [4.69, 9.17) is 16.3 Å². The van der Waals surface area contributed by atoms with E-state index in [1.165, 1.54) is 12.2 Å². The number of amides is 1. The van der Waals surface area contributed by atoms with Crippen LogP contribution in [0.25, 0.3) is 17.2 Å². The molecule has 0 atom stereocenters. The number of halogens is 3. The van der Waals surface area contributed by atoms with Gasteiger partial charge in [-0.05, 0) is 34.4 Å². The van der Waals surface area contributed by atoms with Crippen molar-refractivity contribution >= 4 is 23.8 Å². The van der Waals surface area contributed by atoms with Gasteiger partial charge in [0, 0.05) is 18.0 Å². The molecular weight excluding hydrogens is 408 g/mol. The van der Waals surface area contributed by atoms with Gasteiger partial charge in [-0.3, -0.25) is 0 Å². The topological polar surface area (TPSA) is 38.3 Å². The number of carbonyl (C=O) groups is 1. The summed E-state index contributed by atoms with van der Waals surface area (Å²) in [6.45, 7) is 0.253. The Morgan fingerprint density at radius 2 is 1.63 bits per heavy atom. The smallest absolute Gasteiger partial charge is 0.407 e. The van der Waals surface area contributed by atoms with Crippen molar-refractivity contribution < 1.29 is 18.3 Å². The second-order valence-corrected chi connectivity index (χ2v) is 7.27. The quantitative estimate of drug-likeness (QED) is 0.496. The predicted molar refractivity (Wildman–Crippen MR) is 113 cm³/mol. The van der Waals surface area contributed by atoms with Crippen molar-refractivity contribution in [3.05, 3.63) is 100 Å². The van der Waals surface area contributed by atoms with E-state index in [-0.39, 0.29) is 29.7 Å². The second kappa shape index (κ2) is 8.67. The summed E-state index contributed by atoms with van der Waals surface area (Å²) in [6, 6.07) is 18.4. The van der Waals surface area contributed by atoms with Gasteiger partial charge in [-0.1, -0.05) is 72.3 Å². The fourth-order valence-electron chi connectivity index (χ4n) is 3.66. The molecule has 1 amide bonds. The first-order valence-corrected chi connectivity index (χ1v) is 9.83. The zero-order chi connectivity index (χ0) is 21.1.